The Labute approximate surface area is 143 Å². The second-order valence-electron chi connectivity index (χ2n) is 6.13. The molecule has 2 aromatic carbocycles. The van der Waals surface area contributed by atoms with Gasteiger partial charge in [-0.05, 0) is 48.7 Å². The molecule has 0 N–H and O–H groups in total. The van der Waals surface area contributed by atoms with E-state index in [1.54, 1.807) is 29.2 Å². The highest BCUT2D eigenvalue weighted by Crippen LogP contribution is 2.42. The van der Waals surface area contributed by atoms with Gasteiger partial charge in [0, 0.05) is 17.3 Å². The highest BCUT2D eigenvalue weighted by atomic mass is 35.5. The first-order valence-corrected chi connectivity index (χ1v) is 8.23. The van der Waals surface area contributed by atoms with Crippen LogP contribution in [0.3, 0.4) is 0 Å². The lowest BCUT2D eigenvalue weighted by atomic mass is 10.1. The first kappa shape index (κ1) is 15.5. The molecule has 2 aromatic rings. The fraction of sp³-hybridized carbons (Fsp3) is 0.278. The van der Waals surface area contributed by atoms with E-state index in [4.69, 9.17) is 11.6 Å². The van der Waals surface area contributed by atoms with Crippen molar-refractivity contribution in [1.29, 1.82) is 0 Å². The quantitative estimate of drug-likeness (QED) is 0.814. The number of carbonyl (C=O) groups is 1. The maximum atomic E-state index is 13.7. The number of rotatable bonds is 2. The minimum atomic E-state index is -0.909. The number of hydrogen-bond donors (Lipinski definition) is 0. The number of nitrogens with zero attached hydrogens (tertiary/aromatic N) is 2. The monoisotopic (exact) mass is 348 g/mol. The molecule has 2 aliphatic rings. The average molecular weight is 349 g/mol. The van der Waals surface area contributed by atoms with Crippen molar-refractivity contribution in [3.63, 3.8) is 0 Å². The molecule has 0 spiro atoms. The number of amides is 1. The third-order valence-electron chi connectivity index (χ3n) is 4.70. The molecule has 0 radical (unpaired) electrons. The molecule has 0 bridgehead atoms. The van der Waals surface area contributed by atoms with Crippen molar-refractivity contribution in [2.45, 2.75) is 25.0 Å². The highest BCUT2D eigenvalue weighted by molar-refractivity contribution is 6.31. The van der Waals surface area contributed by atoms with Crippen molar-refractivity contribution < 1.29 is 13.6 Å². The molecule has 2 saturated heterocycles. The fourth-order valence-corrected chi connectivity index (χ4v) is 3.87. The molecule has 4 rings (SSSR count). The Morgan fingerprint density at radius 3 is 2.67 bits per heavy atom. The molecule has 1 amide bonds. The van der Waals surface area contributed by atoms with Crippen LogP contribution in [-0.4, -0.2) is 23.4 Å². The Balaban J connectivity index is 1.83. The third kappa shape index (κ3) is 2.39. The van der Waals surface area contributed by atoms with Gasteiger partial charge in [-0.1, -0.05) is 23.7 Å². The summed E-state index contributed by atoms with van der Waals surface area (Å²) in [7, 11) is 0. The largest absolute Gasteiger partial charge is 0.290 e. The minimum Gasteiger partial charge on any atom is -0.290 e. The van der Waals surface area contributed by atoms with Gasteiger partial charge in [-0.3, -0.25) is 14.6 Å². The average Bonchev–Trinajstić information content (AvgIpc) is 3.12. The number of halogens is 3. The van der Waals surface area contributed by atoms with Gasteiger partial charge in [-0.25, -0.2) is 8.78 Å². The second kappa shape index (κ2) is 5.83. The Bertz CT molecular complexity index is 813. The molecular weight excluding hydrogens is 334 g/mol. The van der Waals surface area contributed by atoms with Crippen molar-refractivity contribution in [3.8, 4) is 0 Å². The van der Waals surface area contributed by atoms with E-state index in [0.29, 0.717) is 16.3 Å². The first-order valence-electron chi connectivity index (χ1n) is 7.85. The van der Waals surface area contributed by atoms with Gasteiger partial charge >= 0.3 is 0 Å². The van der Waals surface area contributed by atoms with E-state index in [0.717, 1.165) is 25.5 Å². The summed E-state index contributed by atoms with van der Waals surface area (Å²) in [4.78, 5) is 16.6. The summed E-state index contributed by atoms with van der Waals surface area (Å²) in [5.74, 6) is -1.83. The van der Waals surface area contributed by atoms with Crippen LogP contribution in [0.1, 0.15) is 24.6 Å². The lowest BCUT2D eigenvalue weighted by Crippen LogP contribution is -2.32. The summed E-state index contributed by atoms with van der Waals surface area (Å²) in [6.07, 6.45) is 1.24. The summed E-state index contributed by atoms with van der Waals surface area (Å²) in [5, 5.41) is 0.524. The zero-order valence-corrected chi connectivity index (χ0v) is 13.5. The summed E-state index contributed by atoms with van der Waals surface area (Å²) < 4.78 is 27.1. The van der Waals surface area contributed by atoms with E-state index < -0.39 is 17.8 Å². The van der Waals surface area contributed by atoms with Crippen LogP contribution in [0.15, 0.2) is 42.5 Å². The first-order chi connectivity index (χ1) is 11.6. The number of fused-ring (bicyclic) bond motifs is 1. The third-order valence-corrected chi connectivity index (χ3v) is 4.94. The molecule has 0 saturated carbocycles. The molecule has 3 nitrogen and oxygen atoms in total. The summed E-state index contributed by atoms with van der Waals surface area (Å²) in [6.45, 7) is 0.747. The van der Waals surface area contributed by atoms with E-state index in [2.05, 4.69) is 4.90 Å². The van der Waals surface area contributed by atoms with Crippen LogP contribution < -0.4 is 4.90 Å². The zero-order valence-electron chi connectivity index (χ0n) is 12.8. The fourth-order valence-electron chi connectivity index (χ4n) is 3.68. The predicted molar refractivity (Wildman–Crippen MR) is 87.8 cm³/mol. The van der Waals surface area contributed by atoms with E-state index in [1.807, 2.05) is 0 Å². The predicted octanol–water partition coefficient (Wildman–Crippen LogP) is 4.13. The highest BCUT2D eigenvalue weighted by Gasteiger charge is 2.49. The maximum Gasteiger partial charge on any atom is 0.246 e. The van der Waals surface area contributed by atoms with Crippen molar-refractivity contribution in [2.75, 3.05) is 11.4 Å². The Hall–Kier alpha value is -1.98. The van der Waals surface area contributed by atoms with Crippen LogP contribution in [0.5, 0.6) is 0 Å². The van der Waals surface area contributed by atoms with Crippen LogP contribution in [0.25, 0.3) is 0 Å². The SMILES string of the molecule is O=C1[C@@H]2CCCN2[C@@H](c2ccc(F)c(F)c2)N1c1cccc(Cl)c1. The van der Waals surface area contributed by atoms with Crippen molar-refractivity contribution >= 4 is 23.2 Å². The summed E-state index contributed by atoms with van der Waals surface area (Å²) in [6, 6.07) is 10.6. The molecule has 124 valence electrons. The van der Waals surface area contributed by atoms with Crippen molar-refractivity contribution in [1.82, 2.24) is 4.90 Å². The minimum absolute atomic E-state index is 0.0236. The number of carbonyl (C=O) groups excluding carboxylic acids is 1. The molecule has 0 unspecified atom stereocenters. The number of anilines is 1. The van der Waals surface area contributed by atoms with Crippen LogP contribution >= 0.6 is 11.6 Å². The Morgan fingerprint density at radius 1 is 1.08 bits per heavy atom. The van der Waals surface area contributed by atoms with Gasteiger partial charge in [0.1, 0.15) is 6.17 Å². The van der Waals surface area contributed by atoms with Crippen LogP contribution in [0.2, 0.25) is 5.02 Å². The molecule has 0 aliphatic carbocycles. The van der Waals surface area contributed by atoms with Gasteiger partial charge in [0.25, 0.3) is 0 Å². The molecule has 2 atom stereocenters. The number of benzene rings is 2. The summed E-state index contributed by atoms with van der Waals surface area (Å²) >= 11 is 6.07. The molecule has 0 aromatic heterocycles. The lowest BCUT2D eigenvalue weighted by Gasteiger charge is -2.30. The topological polar surface area (TPSA) is 23.6 Å². The molecule has 24 heavy (non-hydrogen) atoms. The van der Waals surface area contributed by atoms with Crippen LogP contribution in [0, 0.1) is 11.6 Å². The molecular formula is C18H15ClF2N2O. The van der Waals surface area contributed by atoms with Gasteiger partial charge in [0.2, 0.25) is 5.91 Å². The summed E-state index contributed by atoms with van der Waals surface area (Å²) in [5.41, 5.74) is 1.23. The maximum absolute atomic E-state index is 13.7. The molecule has 2 fully saturated rings. The standard InChI is InChI=1S/C18H15ClF2N2O/c19-12-3-1-4-13(10-12)23-17(11-6-7-14(20)15(21)9-11)22-8-2-5-16(22)18(23)24/h1,3-4,6-7,9-10,16-17H,2,5,8H2/t16-,17+/m0/s1. The van der Waals surface area contributed by atoms with Crippen LogP contribution in [-0.2, 0) is 4.79 Å². The Morgan fingerprint density at radius 2 is 1.92 bits per heavy atom. The van der Waals surface area contributed by atoms with Crippen LogP contribution in [0.4, 0.5) is 14.5 Å². The van der Waals surface area contributed by atoms with Gasteiger partial charge in [0.05, 0.1) is 6.04 Å². The van der Waals surface area contributed by atoms with Gasteiger partial charge in [-0.2, -0.15) is 0 Å². The number of hydrogen-bond acceptors (Lipinski definition) is 2. The van der Waals surface area contributed by atoms with E-state index in [9.17, 15) is 13.6 Å². The second-order valence-corrected chi connectivity index (χ2v) is 6.57. The van der Waals surface area contributed by atoms with Gasteiger partial charge < -0.3 is 0 Å². The lowest BCUT2D eigenvalue weighted by molar-refractivity contribution is -0.119. The molecule has 6 heteroatoms. The van der Waals surface area contributed by atoms with Gasteiger partial charge in [0.15, 0.2) is 11.6 Å². The van der Waals surface area contributed by atoms with E-state index >= 15 is 0 Å². The molecule has 2 heterocycles. The normalized spacial score (nSPS) is 23.8. The smallest absolute Gasteiger partial charge is 0.246 e. The van der Waals surface area contributed by atoms with Gasteiger partial charge in [-0.15, -0.1) is 0 Å². The zero-order chi connectivity index (χ0) is 16.8. The molecule has 2 aliphatic heterocycles. The van der Waals surface area contributed by atoms with E-state index in [1.165, 1.54) is 12.1 Å². The van der Waals surface area contributed by atoms with Crippen molar-refractivity contribution in [2.24, 2.45) is 0 Å². The van der Waals surface area contributed by atoms with Crippen molar-refractivity contribution in [3.05, 3.63) is 64.7 Å². The Kier molecular flexibility index (Phi) is 3.77. The van der Waals surface area contributed by atoms with E-state index in [-0.39, 0.29) is 11.9 Å².